The van der Waals surface area contributed by atoms with Crippen LogP contribution in [-0.4, -0.2) is 6.85 Å². The van der Waals surface area contributed by atoms with Gasteiger partial charge in [-0.25, -0.2) is 0 Å². The molecule has 3 aliphatic carbocycles. The van der Waals surface area contributed by atoms with Crippen molar-refractivity contribution >= 4 is 96.4 Å². The van der Waals surface area contributed by atoms with Crippen LogP contribution in [0, 0.1) is 0 Å². The first-order valence-corrected chi connectivity index (χ1v) is 36.7. The van der Waals surface area contributed by atoms with Crippen molar-refractivity contribution < 1.29 is 8.83 Å². The third-order valence-corrected chi connectivity index (χ3v) is 24.7. The molecule has 98 heavy (non-hydrogen) atoms. The second-order valence-corrected chi connectivity index (χ2v) is 37.4. The molecule has 0 N–H and O–H groups in total. The first-order chi connectivity index (χ1) is 45.9. The van der Waals surface area contributed by atoms with Crippen LogP contribution in [-0.2, 0) is 48.7 Å². The molecule has 0 unspecified atom stereocenters. The highest BCUT2D eigenvalue weighted by Crippen LogP contribution is 2.58. The Bertz CT molecular complexity index is 5040. The molecule has 0 saturated carbocycles. The third kappa shape index (κ3) is 10.0. The highest BCUT2D eigenvalue weighted by atomic mass is 16.3. The molecule has 0 atom stereocenters. The minimum absolute atomic E-state index is 0.00704. The van der Waals surface area contributed by atoms with Crippen LogP contribution in [0.5, 0.6) is 0 Å². The summed E-state index contributed by atoms with van der Waals surface area (Å²) in [5.41, 5.74) is 30.5. The average molecular weight is 1290 g/mol. The summed E-state index contributed by atoms with van der Waals surface area (Å²) in [5, 5.41) is 3.45. The smallest absolute Gasteiger partial charge is 0.375 e. The van der Waals surface area contributed by atoms with Gasteiger partial charge in [0, 0.05) is 61.4 Å². The van der Waals surface area contributed by atoms with Crippen LogP contribution in [0.4, 0.5) is 45.5 Å². The van der Waals surface area contributed by atoms with E-state index >= 15 is 0 Å². The molecule has 9 aromatic carbocycles. The molecule has 0 spiro atoms. The first-order valence-electron chi connectivity index (χ1n) is 36.7. The molecule has 500 valence electrons. The van der Waals surface area contributed by atoms with Crippen molar-refractivity contribution in [2.75, 3.05) is 14.6 Å². The Morgan fingerprint density at radius 2 is 0.816 bits per heavy atom. The van der Waals surface area contributed by atoms with Crippen LogP contribution < -0.4 is 25.7 Å². The predicted molar refractivity (Wildman–Crippen MR) is 419 cm³/mol. The van der Waals surface area contributed by atoms with Crippen LogP contribution in [0.25, 0.3) is 55.2 Å². The highest BCUT2D eigenvalue weighted by Gasteiger charge is 2.52. The Morgan fingerprint density at radius 1 is 0.357 bits per heavy atom. The summed E-state index contributed by atoms with van der Waals surface area (Å²) < 4.78 is 15.6. The molecular weight excluding hydrogens is 1190 g/mol. The lowest BCUT2D eigenvalue weighted by molar-refractivity contribution is 0.332. The van der Waals surface area contributed by atoms with Gasteiger partial charge in [-0.15, -0.1) is 0 Å². The minimum Gasteiger partial charge on any atom is -0.466 e. The molecule has 11 aromatic rings. The summed E-state index contributed by atoms with van der Waals surface area (Å²) in [6.07, 6.45) is 6.71. The van der Waals surface area contributed by atoms with E-state index in [1.165, 1.54) is 72.0 Å². The summed E-state index contributed by atoms with van der Waals surface area (Å²) in [4.78, 5) is 7.92. The topological polar surface area (TPSA) is 36.0 Å². The van der Waals surface area contributed by atoms with E-state index in [-0.39, 0.29) is 48.7 Å². The van der Waals surface area contributed by atoms with Gasteiger partial charge in [0.2, 0.25) is 0 Å². The average Bonchev–Trinajstić information content (AvgIpc) is 1.34. The van der Waals surface area contributed by atoms with Gasteiger partial charge in [0.05, 0.1) is 11.4 Å². The quantitative estimate of drug-likeness (QED) is 0.155. The molecule has 0 saturated heterocycles. The molecule has 0 bridgehead atoms. The van der Waals surface area contributed by atoms with E-state index in [4.69, 9.17) is 8.83 Å². The van der Waals surface area contributed by atoms with Crippen LogP contribution in [0.2, 0.25) is 0 Å². The van der Waals surface area contributed by atoms with E-state index < -0.39 is 6.85 Å². The molecule has 16 rings (SSSR count). The molecule has 5 nitrogen and oxygen atoms in total. The van der Waals surface area contributed by atoms with Gasteiger partial charge in [0.1, 0.15) is 22.4 Å². The van der Waals surface area contributed by atoms with Crippen LogP contribution in [0.3, 0.4) is 0 Å². The maximum Gasteiger partial charge on any atom is 0.375 e. The second kappa shape index (κ2) is 21.2. The van der Waals surface area contributed by atoms with E-state index in [1.54, 1.807) is 0 Å². The summed E-state index contributed by atoms with van der Waals surface area (Å²) in [7, 11) is 0. The van der Waals surface area contributed by atoms with Crippen molar-refractivity contribution in [1.82, 2.24) is 0 Å². The summed E-state index contributed by atoms with van der Waals surface area (Å²) in [5.74, 6) is 0. The van der Waals surface area contributed by atoms with Crippen molar-refractivity contribution in [2.45, 2.75) is 233 Å². The molecule has 0 fully saturated rings. The number of benzene rings is 9. The van der Waals surface area contributed by atoms with Gasteiger partial charge in [0.25, 0.3) is 0 Å². The lowest BCUT2D eigenvalue weighted by Crippen LogP contribution is -2.61. The predicted octanol–water partition coefficient (Wildman–Crippen LogP) is 25.1. The van der Waals surface area contributed by atoms with Gasteiger partial charge in [0.15, 0.2) is 0 Å². The lowest BCUT2D eigenvalue weighted by atomic mass is 9.45. The number of nitrogens with zero attached hydrogens (tertiary/aromatic N) is 3. The number of hydrogen-bond donors (Lipinski definition) is 0. The zero-order valence-electron chi connectivity index (χ0n) is 62.6. The number of rotatable bonds is 6. The molecule has 5 aliphatic rings. The fourth-order valence-corrected chi connectivity index (χ4v) is 17.9. The fourth-order valence-electron chi connectivity index (χ4n) is 17.9. The van der Waals surface area contributed by atoms with Crippen molar-refractivity contribution in [1.29, 1.82) is 0 Å². The van der Waals surface area contributed by atoms with Crippen molar-refractivity contribution in [3.63, 3.8) is 0 Å². The molecule has 6 heteroatoms. The monoisotopic (exact) mass is 1290 g/mol. The summed E-state index contributed by atoms with van der Waals surface area (Å²) in [6, 6.07) is 64.9. The highest BCUT2D eigenvalue weighted by molar-refractivity contribution is 6.93. The Balaban J connectivity index is 1.10. The summed E-state index contributed by atoms with van der Waals surface area (Å²) in [6.45, 7) is 49.9. The van der Waals surface area contributed by atoms with E-state index in [2.05, 4.69) is 324 Å². The Labute approximate surface area is 585 Å². The van der Waals surface area contributed by atoms with E-state index in [0.29, 0.717) is 0 Å². The zero-order valence-corrected chi connectivity index (χ0v) is 62.6. The summed E-state index contributed by atoms with van der Waals surface area (Å²) >= 11 is 0. The van der Waals surface area contributed by atoms with E-state index in [1.807, 2.05) is 0 Å². The molecule has 4 heterocycles. The van der Waals surface area contributed by atoms with Gasteiger partial charge in [-0.2, -0.15) is 0 Å². The Morgan fingerprint density at radius 3 is 1.35 bits per heavy atom. The maximum absolute atomic E-state index is 8.12. The first kappa shape index (κ1) is 64.5. The van der Waals surface area contributed by atoms with E-state index in [0.717, 1.165) is 128 Å². The fraction of sp³-hybridized carbons (Fsp3) is 0.391. The largest absolute Gasteiger partial charge is 0.466 e. The standard InChI is InChI=1S/C92H102BN3O2/c1-84(2,3)56-27-32-59(33-28-56)94(60-34-29-57(30-35-60)85(4,5)6)62-46-67-64-52-78-66(65-49-71-73(53-79(65)97-78)91(18,19)43-41-89(71,14)15)51-76(64)96(61-36-37-69-70(47-61)88(12,13)40-39-87(69,10)11)93-81(67)77(48-62)95(75-38-31-58(86(7,8)9)45-63(75)55-25-23-22-24-26-55)82-68-50-72-74(54-80(68)98-83(82)93)92(20,21)44-42-90(72,16)17/h22-38,45-54H,39-44H2,1-21H3. The van der Waals surface area contributed by atoms with Gasteiger partial charge >= 0.3 is 6.85 Å². The van der Waals surface area contributed by atoms with Gasteiger partial charge in [-0.05, 0) is 251 Å². The van der Waals surface area contributed by atoms with Gasteiger partial charge < -0.3 is 23.4 Å². The van der Waals surface area contributed by atoms with Crippen molar-refractivity contribution in [2.24, 2.45) is 0 Å². The maximum atomic E-state index is 8.12. The molecule has 2 aromatic heterocycles. The number of fused-ring (bicyclic) bond motifs is 12. The van der Waals surface area contributed by atoms with Crippen molar-refractivity contribution in [3.8, 4) is 22.3 Å². The molecule has 0 radical (unpaired) electrons. The number of anilines is 8. The van der Waals surface area contributed by atoms with E-state index in [9.17, 15) is 0 Å². The van der Waals surface area contributed by atoms with Crippen LogP contribution in [0.1, 0.15) is 234 Å². The minimum atomic E-state index is -0.418. The van der Waals surface area contributed by atoms with Crippen LogP contribution in [0.15, 0.2) is 173 Å². The number of furan rings is 2. The Kier molecular flexibility index (Phi) is 13.9. The number of hydrogen-bond acceptors (Lipinski definition) is 5. The molecule has 0 amide bonds. The zero-order chi connectivity index (χ0) is 69.3. The normalized spacial score (nSPS) is 18.4. The van der Waals surface area contributed by atoms with Gasteiger partial charge in [-0.3, -0.25) is 0 Å². The van der Waals surface area contributed by atoms with Crippen LogP contribution >= 0.6 is 0 Å². The SMILES string of the molecule is CC(C)(C)c1ccc(N(c2ccc(C(C)(C)C)cc2)c2cc3c4c(c2)N(c2ccc(C(C)(C)C)cc2-c2ccccc2)c2c(oc5cc6c(cc25)C(C)(C)CCC6(C)C)B4N(c2ccc4c(c2)C(C)(C)CCC4(C)C)c2cc4c(cc2-3)oc2cc3c(cc24)C(C)(C)CCC3(C)C)cc1. The molecular formula is C92H102BN3O2. The molecule has 2 aliphatic heterocycles. The van der Waals surface area contributed by atoms with Crippen molar-refractivity contribution in [3.05, 3.63) is 214 Å². The Hall–Kier alpha value is -8.22. The lowest BCUT2D eigenvalue weighted by Gasteiger charge is -2.46. The van der Waals surface area contributed by atoms with Gasteiger partial charge in [-0.1, -0.05) is 212 Å². The third-order valence-electron chi connectivity index (χ3n) is 24.7. The second-order valence-electron chi connectivity index (χ2n) is 37.4.